The molecule has 0 saturated heterocycles. The Kier molecular flexibility index (Phi) is 10.0. The van der Waals surface area contributed by atoms with Crippen LogP contribution in [-0.2, 0) is 9.59 Å². The van der Waals surface area contributed by atoms with Gasteiger partial charge in [-0.15, -0.1) is 12.4 Å². The Morgan fingerprint density at radius 3 is 2.57 bits per heavy atom. The zero-order valence-corrected chi connectivity index (χ0v) is 15.0. The highest BCUT2D eigenvalue weighted by atomic mass is 35.5. The zero-order chi connectivity index (χ0) is 16.5. The summed E-state index contributed by atoms with van der Waals surface area (Å²) < 4.78 is 5.55. The first-order valence-electron chi connectivity index (χ1n) is 7.32. The number of nitrogens with one attached hydrogen (secondary N) is 2. The predicted molar refractivity (Wildman–Crippen MR) is 94.4 cm³/mol. The Bertz CT molecular complexity index is 521. The van der Waals surface area contributed by atoms with Gasteiger partial charge in [-0.2, -0.15) is 0 Å². The molecule has 0 atom stereocenters. The lowest BCUT2D eigenvalue weighted by molar-refractivity contribution is -0.130. The van der Waals surface area contributed by atoms with E-state index in [9.17, 15) is 9.59 Å². The number of likely N-dealkylation sites (N-methyl/N-ethyl adjacent to an activating group) is 1. The highest BCUT2D eigenvalue weighted by Gasteiger charge is 2.11. The molecule has 6 nitrogen and oxygen atoms in total. The van der Waals surface area contributed by atoms with Crippen molar-refractivity contribution in [1.82, 2.24) is 10.2 Å². The summed E-state index contributed by atoms with van der Waals surface area (Å²) >= 11 is 0. The molecule has 1 aromatic carbocycles. The van der Waals surface area contributed by atoms with Gasteiger partial charge in [0.1, 0.15) is 5.75 Å². The van der Waals surface area contributed by atoms with Gasteiger partial charge in [-0.05, 0) is 44.6 Å². The number of amides is 2. The molecular weight excluding hydrogens is 318 g/mol. The van der Waals surface area contributed by atoms with Crippen molar-refractivity contribution < 1.29 is 14.3 Å². The lowest BCUT2D eigenvalue weighted by Crippen LogP contribution is -2.27. The number of hydrogen-bond acceptors (Lipinski definition) is 4. The summed E-state index contributed by atoms with van der Waals surface area (Å²) in [6.45, 7) is 2.67. The Balaban J connectivity index is 0.00000484. The van der Waals surface area contributed by atoms with Crippen LogP contribution in [0.5, 0.6) is 5.75 Å². The lowest BCUT2D eigenvalue weighted by Gasteiger charge is -2.15. The second kappa shape index (κ2) is 10.9. The van der Waals surface area contributed by atoms with Gasteiger partial charge in [0.2, 0.25) is 5.91 Å². The molecule has 1 rings (SSSR count). The molecule has 2 N–H and O–H groups in total. The van der Waals surface area contributed by atoms with Gasteiger partial charge in [-0.1, -0.05) is 6.07 Å². The number of anilines is 1. The largest absolute Gasteiger partial charge is 0.482 e. The molecule has 23 heavy (non-hydrogen) atoms. The van der Waals surface area contributed by atoms with E-state index < -0.39 is 0 Å². The third kappa shape index (κ3) is 7.85. The van der Waals surface area contributed by atoms with Crippen LogP contribution in [0.2, 0.25) is 0 Å². The minimum Gasteiger partial charge on any atom is -0.482 e. The van der Waals surface area contributed by atoms with Crippen LogP contribution in [0, 0.1) is 6.92 Å². The fourth-order valence-corrected chi connectivity index (χ4v) is 1.76. The molecule has 0 saturated carbocycles. The summed E-state index contributed by atoms with van der Waals surface area (Å²) in [5, 5.41) is 5.84. The molecule has 0 aromatic heterocycles. The maximum absolute atomic E-state index is 11.9. The summed E-state index contributed by atoms with van der Waals surface area (Å²) in [6, 6.07) is 5.50. The van der Waals surface area contributed by atoms with E-state index >= 15 is 0 Å². The third-order valence-electron chi connectivity index (χ3n) is 3.09. The summed E-state index contributed by atoms with van der Waals surface area (Å²) in [4.78, 5) is 25.0. The van der Waals surface area contributed by atoms with Crippen molar-refractivity contribution in [2.24, 2.45) is 0 Å². The molecule has 1 aromatic rings. The van der Waals surface area contributed by atoms with Gasteiger partial charge >= 0.3 is 0 Å². The fourth-order valence-electron chi connectivity index (χ4n) is 1.76. The summed E-state index contributed by atoms with van der Waals surface area (Å²) in [6.07, 6.45) is 1.20. The predicted octanol–water partition coefficient (Wildman–Crippen LogP) is 1.82. The molecule has 0 bridgehead atoms. The number of ether oxygens (including phenoxy) is 1. The second-order valence-electron chi connectivity index (χ2n) is 5.33. The Morgan fingerprint density at radius 1 is 1.26 bits per heavy atom. The number of rotatable bonds is 8. The first-order valence-corrected chi connectivity index (χ1v) is 7.32. The Hall–Kier alpha value is -1.79. The molecule has 0 radical (unpaired) electrons. The van der Waals surface area contributed by atoms with Crippen LogP contribution in [0.3, 0.4) is 0 Å². The molecule has 0 aliphatic heterocycles. The normalized spacial score (nSPS) is 9.74. The van der Waals surface area contributed by atoms with Crippen molar-refractivity contribution in [3.05, 3.63) is 23.8 Å². The highest BCUT2D eigenvalue weighted by Crippen LogP contribution is 2.26. The topological polar surface area (TPSA) is 70.7 Å². The highest BCUT2D eigenvalue weighted by molar-refractivity contribution is 5.92. The smallest absolute Gasteiger partial charge is 0.259 e. The van der Waals surface area contributed by atoms with Crippen LogP contribution in [0.1, 0.15) is 18.4 Å². The van der Waals surface area contributed by atoms with Crippen molar-refractivity contribution in [3.8, 4) is 5.75 Å². The third-order valence-corrected chi connectivity index (χ3v) is 3.09. The minimum absolute atomic E-state index is 0. The number of aryl methyl sites for hydroxylation is 1. The number of halogens is 1. The van der Waals surface area contributed by atoms with Gasteiger partial charge in [-0.25, -0.2) is 0 Å². The fraction of sp³-hybridized carbons (Fsp3) is 0.500. The Morgan fingerprint density at radius 2 is 1.96 bits per heavy atom. The van der Waals surface area contributed by atoms with E-state index in [0.29, 0.717) is 17.9 Å². The van der Waals surface area contributed by atoms with Crippen molar-refractivity contribution in [1.29, 1.82) is 0 Å². The molecule has 0 unspecified atom stereocenters. The quantitative estimate of drug-likeness (QED) is 0.706. The van der Waals surface area contributed by atoms with Gasteiger partial charge in [0.15, 0.2) is 6.61 Å². The van der Waals surface area contributed by atoms with Crippen LogP contribution >= 0.6 is 12.4 Å². The van der Waals surface area contributed by atoms with E-state index in [4.69, 9.17) is 4.74 Å². The van der Waals surface area contributed by atoms with E-state index in [1.54, 1.807) is 20.2 Å². The molecule has 0 heterocycles. The monoisotopic (exact) mass is 343 g/mol. The SMILES string of the molecule is CNCCCC(=O)Nc1ccc(C)cc1OCC(=O)N(C)C.Cl. The average Bonchev–Trinajstić information content (AvgIpc) is 2.47. The maximum Gasteiger partial charge on any atom is 0.259 e. The number of hydrogen-bond donors (Lipinski definition) is 2. The Labute approximate surface area is 144 Å². The van der Waals surface area contributed by atoms with E-state index in [1.807, 2.05) is 26.1 Å². The number of benzene rings is 1. The van der Waals surface area contributed by atoms with Crippen LogP contribution in [0.4, 0.5) is 5.69 Å². The minimum atomic E-state index is -0.132. The van der Waals surface area contributed by atoms with Crippen LogP contribution in [0.15, 0.2) is 18.2 Å². The van der Waals surface area contributed by atoms with E-state index in [2.05, 4.69) is 10.6 Å². The number of carbonyl (C=O) groups is 2. The van der Waals surface area contributed by atoms with E-state index in [1.165, 1.54) is 4.90 Å². The second-order valence-corrected chi connectivity index (χ2v) is 5.33. The van der Waals surface area contributed by atoms with Crippen molar-refractivity contribution >= 4 is 29.9 Å². The molecule has 0 aliphatic rings. The summed E-state index contributed by atoms with van der Waals surface area (Å²) in [7, 11) is 5.20. The van der Waals surface area contributed by atoms with Gasteiger partial charge in [-0.3, -0.25) is 9.59 Å². The van der Waals surface area contributed by atoms with E-state index in [0.717, 1.165) is 18.5 Å². The van der Waals surface area contributed by atoms with Crippen LogP contribution in [-0.4, -0.2) is 51.0 Å². The van der Waals surface area contributed by atoms with Crippen molar-refractivity contribution in [2.45, 2.75) is 19.8 Å². The molecule has 7 heteroatoms. The number of carbonyl (C=O) groups excluding carboxylic acids is 2. The lowest BCUT2D eigenvalue weighted by atomic mass is 10.2. The number of nitrogens with zero attached hydrogens (tertiary/aromatic N) is 1. The van der Waals surface area contributed by atoms with Gasteiger partial charge in [0.05, 0.1) is 5.69 Å². The van der Waals surface area contributed by atoms with E-state index in [-0.39, 0.29) is 30.8 Å². The molecule has 0 fully saturated rings. The first kappa shape index (κ1) is 21.2. The van der Waals surface area contributed by atoms with Gasteiger partial charge in [0, 0.05) is 20.5 Å². The molecule has 130 valence electrons. The van der Waals surface area contributed by atoms with Crippen LogP contribution in [0.25, 0.3) is 0 Å². The standard InChI is InChI=1S/C16H25N3O3.ClH/c1-12-7-8-13(18-15(20)6-5-9-17-2)14(10-12)22-11-16(21)19(3)4;/h7-8,10,17H,5-6,9,11H2,1-4H3,(H,18,20);1H. The van der Waals surface area contributed by atoms with Crippen molar-refractivity contribution in [3.63, 3.8) is 0 Å². The van der Waals surface area contributed by atoms with Gasteiger partial charge in [0.25, 0.3) is 5.91 Å². The molecular formula is C16H26ClN3O3. The summed E-state index contributed by atoms with van der Waals surface area (Å²) in [5.74, 6) is 0.313. The molecule has 0 aliphatic carbocycles. The molecule has 2 amide bonds. The van der Waals surface area contributed by atoms with Crippen LogP contribution < -0.4 is 15.4 Å². The zero-order valence-electron chi connectivity index (χ0n) is 14.1. The van der Waals surface area contributed by atoms with Crippen molar-refractivity contribution in [2.75, 3.05) is 39.6 Å². The molecule has 0 spiro atoms. The average molecular weight is 344 g/mol. The van der Waals surface area contributed by atoms with Gasteiger partial charge < -0.3 is 20.3 Å². The maximum atomic E-state index is 11.9. The summed E-state index contributed by atoms with van der Waals surface area (Å²) in [5.41, 5.74) is 1.59. The first-order chi connectivity index (χ1) is 10.4.